The molecule has 62 valence electrons. The van der Waals surface area contributed by atoms with Crippen LogP contribution in [0.1, 0.15) is 20.8 Å². The van der Waals surface area contributed by atoms with Gasteiger partial charge >= 0.3 is 0 Å². The Hall–Kier alpha value is -0.760. The third-order valence-electron chi connectivity index (χ3n) is 1.42. The van der Waals surface area contributed by atoms with Crippen LogP contribution in [-0.2, 0) is 4.74 Å². The number of rotatable bonds is 2. The zero-order valence-corrected chi connectivity index (χ0v) is 7.29. The standard InChI is InChI=1S/C9H15NO/c1-7(2)11-9-6-4-5-8(3)10-9/h4-7,9-10H,1-3H3. The molecule has 0 aromatic rings. The quantitative estimate of drug-likeness (QED) is 0.653. The molecule has 1 N–H and O–H groups in total. The van der Waals surface area contributed by atoms with Gasteiger partial charge < -0.3 is 10.1 Å². The SMILES string of the molecule is CC1=CC=CC(OC(C)C)N1. The summed E-state index contributed by atoms with van der Waals surface area (Å²) in [6, 6.07) is 0. The molecule has 0 amide bonds. The summed E-state index contributed by atoms with van der Waals surface area (Å²) in [6.07, 6.45) is 6.37. The molecule has 0 aromatic heterocycles. The maximum atomic E-state index is 5.52. The molecule has 0 bridgehead atoms. The van der Waals surface area contributed by atoms with Gasteiger partial charge in [0.05, 0.1) is 6.10 Å². The molecule has 1 aliphatic heterocycles. The number of dihydropyridines is 1. The van der Waals surface area contributed by atoms with Gasteiger partial charge in [0.15, 0.2) is 0 Å². The molecule has 1 heterocycles. The van der Waals surface area contributed by atoms with E-state index in [2.05, 4.69) is 5.32 Å². The van der Waals surface area contributed by atoms with E-state index < -0.39 is 0 Å². The molecule has 0 saturated carbocycles. The van der Waals surface area contributed by atoms with Crippen molar-refractivity contribution in [1.82, 2.24) is 5.32 Å². The van der Waals surface area contributed by atoms with Gasteiger partial charge in [-0.05, 0) is 32.9 Å². The number of ether oxygens (including phenoxy) is 1. The molecule has 11 heavy (non-hydrogen) atoms. The average molecular weight is 153 g/mol. The van der Waals surface area contributed by atoms with E-state index >= 15 is 0 Å². The van der Waals surface area contributed by atoms with Gasteiger partial charge in [-0.25, -0.2) is 0 Å². The Morgan fingerprint density at radius 3 is 2.82 bits per heavy atom. The van der Waals surface area contributed by atoms with Crippen molar-refractivity contribution in [3.8, 4) is 0 Å². The van der Waals surface area contributed by atoms with Gasteiger partial charge in [-0.15, -0.1) is 0 Å². The first-order valence-electron chi connectivity index (χ1n) is 3.95. The van der Waals surface area contributed by atoms with E-state index in [1.807, 2.05) is 39.0 Å². The number of hydrogen-bond acceptors (Lipinski definition) is 2. The van der Waals surface area contributed by atoms with Crippen LogP contribution in [0.4, 0.5) is 0 Å². The Balaban J connectivity index is 2.40. The highest BCUT2D eigenvalue weighted by molar-refractivity contribution is 5.16. The Labute approximate surface area is 67.9 Å². The van der Waals surface area contributed by atoms with Gasteiger partial charge in [0, 0.05) is 5.70 Å². The van der Waals surface area contributed by atoms with E-state index in [1.165, 1.54) is 0 Å². The van der Waals surface area contributed by atoms with Crippen LogP contribution in [0, 0.1) is 0 Å². The molecule has 0 aliphatic carbocycles. The summed E-state index contributed by atoms with van der Waals surface area (Å²) in [5.74, 6) is 0. The van der Waals surface area contributed by atoms with Crippen molar-refractivity contribution in [3.63, 3.8) is 0 Å². The fourth-order valence-electron chi connectivity index (χ4n) is 0.994. The Morgan fingerprint density at radius 1 is 1.55 bits per heavy atom. The van der Waals surface area contributed by atoms with Crippen molar-refractivity contribution in [2.45, 2.75) is 33.1 Å². The lowest BCUT2D eigenvalue weighted by Gasteiger charge is -2.21. The maximum absolute atomic E-state index is 5.52. The minimum atomic E-state index is 0.0556. The van der Waals surface area contributed by atoms with E-state index in [4.69, 9.17) is 4.74 Å². The fraction of sp³-hybridized carbons (Fsp3) is 0.556. The van der Waals surface area contributed by atoms with Crippen LogP contribution >= 0.6 is 0 Å². The molecule has 2 heteroatoms. The smallest absolute Gasteiger partial charge is 0.147 e. The van der Waals surface area contributed by atoms with Gasteiger partial charge in [-0.3, -0.25) is 0 Å². The van der Waals surface area contributed by atoms with Crippen molar-refractivity contribution in [2.24, 2.45) is 0 Å². The van der Waals surface area contributed by atoms with Gasteiger partial charge in [-0.1, -0.05) is 6.08 Å². The topological polar surface area (TPSA) is 21.3 Å². The van der Waals surface area contributed by atoms with E-state index in [9.17, 15) is 0 Å². The largest absolute Gasteiger partial charge is 0.360 e. The Bertz CT molecular complexity index is 182. The van der Waals surface area contributed by atoms with Crippen molar-refractivity contribution in [3.05, 3.63) is 23.9 Å². The summed E-state index contributed by atoms with van der Waals surface area (Å²) in [4.78, 5) is 0. The second-order valence-corrected chi connectivity index (χ2v) is 2.98. The molecular weight excluding hydrogens is 138 g/mol. The molecule has 1 aliphatic rings. The Kier molecular flexibility index (Phi) is 2.71. The molecular formula is C9H15NO. The van der Waals surface area contributed by atoms with Crippen LogP contribution in [0.15, 0.2) is 23.9 Å². The van der Waals surface area contributed by atoms with Gasteiger partial charge in [0.25, 0.3) is 0 Å². The van der Waals surface area contributed by atoms with E-state index in [0.29, 0.717) is 0 Å². The molecule has 0 aromatic carbocycles. The Morgan fingerprint density at radius 2 is 2.27 bits per heavy atom. The van der Waals surface area contributed by atoms with Crippen molar-refractivity contribution in [1.29, 1.82) is 0 Å². The predicted octanol–water partition coefficient (Wildman–Crippen LogP) is 1.80. The van der Waals surface area contributed by atoms with E-state index in [1.54, 1.807) is 0 Å². The second-order valence-electron chi connectivity index (χ2n) is 2.98. The van der Waals surface area contributed by atoms with Crippen molar-refractivity contribution in [2.75, 3.05) is 0 Å². The minimum absolute atomic E-state index is 0.0556. The summed E-state index contributed by atoms with van der Waals surface area (Å²) >= 11 is 0. The van der Waals surface area contributed by atoms with Gasteiger partial charge in [0.2, 0.25) is 0 Å². The van der Waals surface area contributed by atoms with Gasteiger partial charge in [-0.2, -0.15) is 0 Å². The predicted molar refractivity (Wildman–Crippen MR) is 46.0 cm³/mol. The molecule has 0 spiro atoms. The molecule has 1 atom stereocenters. The van der Waals surface area contributed by atoms with Crippen LogP contribution in [-0.4, -0.2) is 12.3 Å². The molecule has 2 nitrogen and oxygen atoms in total. The normalized spacial score (nSPS) is 23.3. The highest BCUT2D eigenvalue weighted by Gasteiger charge is 2.08. The first-order chi connectivity index (χ1) is 5.18. The zero-order valence-electron chi connectivity index (χ0n) is 7.29. The lowest BCUT2D eigenvalue weighted by molar-refractivity contribution is 0.0216. The third kappa shape index (κ3) is 2.76. The third-order valence-corrected chi connectivity index (χ3v) is 1.42. The number of hydrogen-bond donors (Lipinski definition) is 1. The van der Waals surface area contributed by atoms with Crippen LogP contribution in [0.5, 0.6) is 0 Å². The number of nitrogens with one attached hydrogen (secondary N) is 1. The lowest BCUT2D eigenvalue weighted by atomic mass is 10.3. The molecule has 1 rings (SSSR count). The first-order valence-corrected chi connectivity index (χ1v) is 3.95. The van der Waals surface area contributed by atoms with E-state index in [0.717, 1.165) is 5.70 Å². The lowest BCUT2D eigenvalue weighted by Crippen LogP contribution is -2.32. The van der Waals surface area contributed by atoms with Crippen LogP contribution in [0.2, 0.25) is 0 Å². The summed E-state index contributed by atoms with van der Waals surface area (Å²) in [5, 5.41) is 3.20. The molecule has 1 unspecified atom stereocenters. The highest BCUT2D eigenvalue weighted by Crippen LogP contribution is 2.04. The fourth-order valence-corrected chi connectivity index (χ4v) is 0.994. The minimum Gasteiger partial charge on any atom is -0.360 e. The maximum Gasteiger partial charge on any atom is 0.147 e. The highest BCUT2D eigenvalue weighted by atomic mass is 16.5. The average Bonchev–Trinajstić information content (AvgIpc) is 1.85. The summed E-state index contributed by atoms with van der Waals surface area (Å²) in [5.41, 5.74) is 1.15. The number of allylic oxidation sites excluding steroid dienone is 3. The molecule has 0 saturated heterocycles. The summed E-state index contributed by atoms with van der Waals surface area (Å²) < 4.78 is 5.52. The summed E-state index contributed by atoms with van der Waals surface area (Å²) in [7, 11) is 0. The van der Waals surface area contributed by atoms with E-state index in [-0.39, 0.29) is 12.3 Å². The van der Waals surface area contributed by atoms with Crippen LogP contribution in [0.3, 0.4) is 0 Å². The molecule has 0 fully saturated rings. The second kappa shape index (κ2) is 3.58. The zero-order chi connectivity index (χ0) is 8.27. The van der Waals surface area contributed by atoms with Gasteiger partial charge in [0.1, 0.15) is 6.23 Å². The van der Waals surface area contributed by atoms with Crippen LogP contribution in [0.25, 0.3) is 0 Å². The monoisotopic (exact) mass is 153 g/mol. The first kappa shape index (κ1) is 8.34. The van der Waals surface area contributed by atoms with Crippen molar-refractivity contribution >= 4 is 0 Å². The summed E-state index contributed by atoms with van der Waals surface area (Å²) in [6.45, 7) is 6.09. The van der Waals surface area contributed by atoms with Crippen molar-refractivity contribution < 1.29 is 4.74 Å². The van der Waals surface area contributed by atoms with Crippen LogP contribution < -0.4 is 5.32 Å². The molecule has 0 radical (unpaired) electrons.